The third-order valence-corrected chi connectivity index (χ3v) is 8.37. The van der Waals surface area contributed by atoms with Crippen LogP contribution in [0.25, 0.3) is 5.52 Å². The zero-order chi connectivity index (χ0) is 30.4. The van der Waals surface area contributed by atoms with Crippen LogP contribution in [0.15, 0.2) is 24.7 Å². The molecule has 2 amide bonds. The minimum Gasteiger partial charge on any atom is -0.488 e. The highest BCUT2D eigenvalue weighted by atomic mass is 32.1. The first-order chi connectivity index (χ1) is 19.7. The van der Waals surface area contributed by atoms with Crippen molar-refractivity contribution in [3.05, 3.63) is 40.2 Å². The van der Waals surface area contributed by atoms with Crippen LogP contribution in [0, 0.1) is 0 Å². The van der Waals surface area contributed by atoms with Crippen molar-refractivity contribution in [2.45, 2.75) is 74.5 Å². The Bertz CT molecular complexity index is 1460. The molecule has 3 aromatic heterocycles. The third-order valence-electron chi connectivity index (χ3n) is 7.16. The monoisotopic (exact) mass is 621 g/mol. The van der Waals surface area contributed by atoms with Crippen LogP contribution in [0.1, 0.15) is 69.6 Å². The lowest BCUT2D eigenvalue weighted by atomic mass is 9.93. The van der Waals surface area contributed by atoms with Crippen molar-refractivity contribution >= 4 is 28.7 Å². The summed E-state index contributed by atoms with van der Waals surface area (Å²) >= 11 is 1.26. The van der Waals surface area contributed by atoms with Gasteiger partial charge in [0.15, 0.2) is 10.6 Å². The van der Waals surface area contributed by atoms with E-state index in [0.717, 1.165) is 36.4 Å². The molecule has 3 aromatic rings. The van der Waals surface area contributed by atoms with E-state index >= 15 is 0 Å². The van der Waals surface area contributed by atoms with Crippen LogP contribution in [0.5, 0.6) is 11.6 Å². The first-order valence-electron chi connectivity index (χ1n) is 12.9. The van der Waals surface area contributed by atoms with E-state index in [4.69, 9.17) is 10.5 Å². The van der Waals surface area contributed by atoms with Gasteiger partial charge in [-0.3, -0.25) is 9.59 Å². The highest BCUT2D eigenvalue weighted by Crippen LogP contribution is 2.45. The molecule has 3 heterocycles. The molecule has 17 heteroatoms. The van der Waals surface area contributed by atoms with Gasteiger partial charge in [0.25, 0.3) is 17.4 Å². The van der Waals surface area contributed by atoms with E-state index in [-0.39, 0.29) is 29.2 Å². The van der Waals surface area contributed by atoms with Gasteiger partial charge < -0.3 is 30.0 Å². The molecule has 2 aliphatic carbocycles. The molecule has 2 fully saturated rings. The van der Waals surface area contributed by atoms with E-state index in [9.17, 15) is 41.0 Å². The Balaban J connectivity index is 1.17. The average molecular weight is 622 g/mol. The van der Waals surface area contributed by atoms with Crippen molar-refractivity contribution in [1.29, 1.82) is 0 Å². The Morgan fingerprint density at radius 3 is 2.33 bits per heavy atom. The Kier molecular flexibility index (Phi) is 7.76. The number of thiazole rings is 1. The highest BCUT2D eigenvalue weighted by molar-refractivity contribution is 7.14. The number of aromatic nitrogens is 3. The molecule has 0 unspecified atom stereocenters. The summed E-state index contributed by atoms with van der Waals surface area (Å²) < 4.78 is 89.2. The summed E-state index contributed by atoms with van der Waals surface area (Å²) in [6.07, 6.45) is -5.75. The van der Waals surface area contributed by atoms with Crippen molar-refractivity contribution in [2.24, 2.45) is 5.73 Å². The molecule has 10 nitrogen and oxygen atoms in total. The van der Waals surface area contributed by atoms with Crippen molar-refractivity contribution < 1.29 is 50.5 Å². The number of rotatable bonds is 9. The maximum absolute atomic E-state index is 12.9. The summed E-state index contributed by atoms with van der Waals surface area (Å²) in [5.41, 5.74) is 0.637. The SMILES string of the molecule is NC(=O)c1sc(C2CC2)nc1O[C@H]1CC[C@H](NC(=O)c2ncn3cc(OCC(O)(C(F)(F)F)C(F)(F)F)ccc23)CC1. The molecule has 0 atom stereocenters. The maximum Gasteiger partial charge on any atom is 0.429 e. The fourth-order valence-corrected chi connectivity index (χ4v) is 5.57. The smallest absolute Gasteiger partial charge is 0.429 e. The van der Waals surface area contributed by atoms with Crippen LogP contribution in [0.3, 0.4) is 0 Å². The molecule has 2 aliphatic rings. The number of pyridine rings is 1. The molecule has 0 spiro atoms. The standard InChI is InChI=1S/C25H25F6N5O5S/c26-24(27,28)23(39,25(29,30)31)10-40-15-7-8-16-17(33-11-36(16)9-15)20(38)34-13-3-5-14(6-4-13)41-21-18(19(32)37)42-22(35-21)12-1-2-12/h7-9,11-14,39H,1-6,10H2,(H2,32,37)(H,34,38)/t13-,14-. The van der Waals surface area contributed by atoms with Gasteiger partial charge in [0.1, 0.15) is 29.8 Å². The molecule has 228 valence electrons. The largest absolute Gasteiger partial charge is 0.488 e. The number of alkyl halides is 6. The van der Waals surface area contributed by atoms with E-state index in [0.29, 0.717) is 36.5 Å². The zero-order valence-corrected chi connectivity index (χ0v) is 22.5. The summed E-state index contributed by atoms with van der Waals surface area (Å²) in [6, 6.07) is 2.10. The number of primary amides is 1. The molecule has 2 saturated carbocycles. The predicted octanol–water partition coefficient (Wildman–Crippen LogP) is 4.12. The van der Waals surface area contributed by atoms with Gasteiger partial charge in [-0.25, -0.2) is 9.97 Å². The van der Waals surface area contributed by atoms with Crippen LogP contribution < -0.4 is 20.5 Å². The number of hydrogen-bond acceptors (Lipinski definition) is 8. The first kappa shape index (κ1) is 29.9. The molecule has 0 aliphatic heterocycles. The Hall–Kier alpha value is -3.60. The average Bonchev–Trinajstić information content (AvgIpc) is 3.53. The summed E-state index contributed by atoms with van der Waals surface area (Å²) in [7, 11) is 0. The van der Waals surface area contributed by atoms with Gasteiger partial charge in [-0.2, -0.15) is 26.3 Å². The van der Waals surface area contributed by atoms with Crippen LogP contribution >= 0.6 is 11.3 Å². The first-order valence-corrected chi connectivity index (χ1v) is 13.7. The number of nitrogens with zero attached hydrogens (tertiary/aromatic N) is 3. The summed E-state index contributed by atoms with van der Waals surface area (Å²) in [5.74, 6) is -0.940. The van der Waals surface area contributed by atoms with Crippen LogP contribution in [0.2, 0.25) is 0 Å². The minimum atomic E-state index is -6.02. The number of imidazole rings is 1. The van der Waals surface area contributed by atoms with E-state index in [2.05, 4.69) is 20.0 Å². The van der Waals surface area contributed by atoms with E-state index in [1.165, 1.54) is 21.8 Å². The molecule has 0 saturated heterocycles. The summed E-state index contributed by atoms with van der Waals surface area (Å²) in [6.45, 7) is -2.12. The Morgan fingerprint density at radius 1 is 1.07 bits per heavy atom. The van der Waals surface area contributed by atoms with Gasteiger partial charge in [-0.15, -0.1) is 11.3 Å². The van der Waals surface area contributed by atoms with E-state index in [1.807, 2.05) is 0 Å². The van der Waals surface area contributed by atoms with E-state index < -0.39 is 42.1 Å². The number of ether oxygens (including phenoxy) is 2. The minimum absolute atomic E-state index is 0.0109. The second-order valence-corrected chi connectivity index (χ2v) is 11.3. The predicted molar refractivity (Wildman–Crippen MR) is 134 cm³/mol. The van der Waals surface area contributed by atoms with Crippen molar-refractivity contribution in [1.82, 2.24) is 19.7 Å². The fourth-order valence-electron chi connectivity index (χ4n) is 4.55. The molecular weight excluding hydrogens is 596 g/mol. The number of carbonyl (C=O) groups is 2. The molecule has 0 bridgehead atoms. The van der Waals surface area contributed by atoms with Gasteiger partial charge in [0.05, 0.1) is 11.7 Å². The Labute approximate surface area is 237 Å². The van der Waals surface area contributed by atoms with Gasteiger partial charge in [0.2, 0.25) is 5.88 Å². The van der Waals surface area contributed by atoms with Crippen molar-refractivity contribution in [3.8, 4) is 11.6 Å². The number of fused-ring (bicyclic) bond motifs is 1. The number of nitrogens with one attached hydrogen (secondary N) is 1. The quantitative estimate of drug-likeness (QED) is 0.305. The van der Waals surface area contributed by atoms with Crippen molar-refractivity contribution in [2.75, 3.05) is 6.61 Å². The van der Waals surface area contributed by atoms with Gasteiger partial charge in [-0.1, -0.05) is 0 Å². The molecule has 42 heavy (non-hydrogen) atoms. The van der Waals surface area contributed by atoms with Crippen LogP contribution in [-0.2, 0) is 0 Å². The topological polar surface area (TPSA) is 141 Å². The molecular formula is C25H25F6N5O5S. The Morgan fingerprint density at radius 2 is 1.74 bits per heavy atom. The number of nitrogens with two attached hydrogens (primary N) is 1. The summed E-state index contributed by atoms with van der Waals surface area (Å²) in [4.78, 5) is 33.5. The lowest BCUT2D eigenvalue weighted by Gasteiger charge is -2.31. The zero-order valence-electron chi connectivity index (χ0n) is 21.7. The van der Waals surface area contributed by atoms with Crippen molar-refractivity contribution in [3.63, 3.8) is 0 Å². The van der Waals surface area contributed by atoms with Gasteiger partial charge in [-0.05, 0) is 50.7 Å². The third kappa shape index (κ3) is 5.97. The molecule has 0 radical (unpaired) electrons. The molecule has 5 rings (SSSR count). The normalized spacial score (nSPS) is 20.0. The highest BCUT2D eigenvalue weighted by Gasteiger charge is 2.71. The number of carbonyl (C=O) groups excluding carboxylic acids is 2. The number of hydrogen-bond donors (Lipinski definition) is 3. The summed E-state index contributed by atoms with van der Waals surface area (Å²) in [5, 5.41) is 13.0. The molecule has 0 aromatic carbocycles. The second kappa shape index (κ2) is 10.9. The number of halogens is 6. The molecule has 4 N–H and O–H groups in total. The number of aliphatic hydroxyl groups is 1. The lowest BCUT2D eigenvalue weighted by molar-refractivity contribution is -0.373. The van der Waals surface area contributed by atoms with Gasteiger partial charge in [0, 0.05) is 12.0 Å². The van der Waals surface area contributed by atoms with E-state index in [1.54, 1.807) is 0 Å². The van der Waals surface area contributed by atoms with Crippen LogP contribution in [0.4, 0.5) is 26.3 Å². The maximum atomic E-state index is 12.9. The van der Waals surface area contributed by atoms with Gasteiger partial charge >= 0.3 is 12.4 Å². The number of amides is 2. The second-order valence-electron chi connectivity index (χ2n) is 10.3. The fraction of sp³-hybridized carbons (Fsp3) is 0.520. The lowest BCUT2D eigenvalue weighted by Crippen LogP contribution is -2.60. The van der Waals surface area contributed by atoms with Crippen LogP contribution in [-0.4, -0.2) is 68.0 Å².